The van der Waals surface area contributed by atoms with E-state index in [1.54, 1.807) is 0 Å². The summed E-state index contributed by atoms with van der Waals surface area (Å²) in [6.45, 7) is -0.0737. The SMILES string of the molecule is Nc1nccnc1C(=O)OCc1cc(=O)oc2cc3c(cc12)CCC3. The predicted octanol–water partition coefficient (Wildman–Crippen LogP) is 2.01. The van der Waals surface area contributed by atoms with Crippen LogP contribution >= 0.6 is 0 Å². The van der Waals surface area contributed by atoms with E-state index in [4.69, 9.17) is 14.9 Å². The summed E-state index contributed by atoms with van der Waals surface area (Å²) in [7, 11) is 0. The third-order valence-electron chi connectivity index (χ3n) is 4.32. The molecule has 2 aromatic heterocycles. The molecule has 126 valence electrons. The number of nitrogens with two attached hydrogens (primary N) is 1. The second-order valence-corrected chi connectivity index (χ2v) is 5.93. The maximum absolute atomic E-state index is 12.1. The number of benzene rings is 1. The Morgan fingerprint density at radius 2 is 1.92 bits per heavy atom. The number of aromatic nitrogens is 2. The van der Waals surface area contributed by atoms with Crippen LogP contribution in [0.3, 0.4) is 0 Å². The first-order valence-electron chi connectivity index (χ1n) is 7.94. The van der Waals surface area contributed by atoms with Gasteiger partial charge in [0.1, 0.15) is 12.2 Å². The fourth-order valence-electron chi connectivity index (χ4n) is 3.13. The van der Waals surface area contributed by atoms with E-state index >= 15 is 0 Å². The van der Waals surface area contributed by atoms with Crippen LogP contribution in [0.2, 0.25) is 0 Å². The first kappa shape index (κ1) is 15.3. The number of fused-ring (bicyclic) bond motifs is 2. The molecule has 1 aliphatic carbocycles. The Bertz CT molecular complexity index is 1040. The lowest BCUT2D eigenvalue weighted by Crippen LogP contribution is -2.12. The summed E-state index contributed by atoms with van der Waals surface area (Å²) in [5, 5.41) is 0.778. The Hall–Kier alpha value is -3.22. The predicted molar refractivity (Wildman–Crippen MR) is 90.1 cm³/mol. The molecule has 0 unspecified atom stereocenters. The van der Waals surface area contributed by atoms with E-state index in [-0.39, 0.29) is 18.1 Å². The molecule has 25 heavy (non-hydrogen) atoms. The monoisotopic (exact) mass is 337 g/mol. The van der Waals surface area contributed by atoms with Crippen LogP contribution < -0.4 is 11.4 Å². The van der Waals surface area contributed by atoms with E-state index in [0.717, 1.165) is 24.6 Å². The van der Waals surface area contributed by atoms with E-state index in [1.807, 2.05) is 12.1 Å². The van der Waals surface area contributed by atoms with Gasteiger partial charge in [0.05, 0.1) is 0 Å². The van der Waals surface area contributed by atoms with Gasteiger partial charge in [0.25, 0.3) is 0 Å². The number of nitrogens with zero attached hydrogens (tertiary/aromatic N) is 2. The van der Waals surface area contributed by atoms with E-state index in [2.05, 4.69) is 9.97 Å². The molecule has 0 bridgehead atoms. The first-order chi connectivity index (χ1) is 12.1. The molecular formula is C18H15N3O4. The van der Waals surface area contributed by atoms with Crippen molar-refractivity contribution >= 4 is 22.8 Å². The molecule has 0 radical (unpaired) electrons. The lowest BCUT2D eigenvalue weighted by atomic mass is 10.0. The average Bonchev–Trinajstić information content (AvgIpc) is 3.05. The van der Waals surface area contributed by atoms with E-state index in [9.17, 15) is 9.59 Å². The molecule has 1 aromatic carbocycles. The molecule has 0 saturated carbocycles. The van der Waals surface area contributed by atoms with Crippen LogP contribution in [0.25, 0.3) is 11.0 Å². The number of rotatable bonds is 3. The van der Waals surface area contributed by atoms with Gasteiger partial charge in [-0.1, -0.05) is 0 Å². The van der Waals surface area contributed by atoms with Crippen LogP contribution in [0.5, 0.6) is 0 Å². The first-order valence-corrected chi connectivity index (χ1v) is 7.94. The van der Waals surface area contributed by atoms with Crippen LogP contribution in [0, 0.1) is 0 Å². The number of anilines is 1. The largest absolute Gasteiger partial charge is 0.456 e. The van der Waals surface area contributed by atoms with Gasteiger partial charge in [-0.25, -0.2) is 19.6 Å². The van der Waals surface area contributed by atoms with E-state index in [1.165, 1.54) is 29.6 Å². The highest BCUT2D eigenvalue weighted by Crippen LogP contribution is 2.28. The van der Waals surface area contributed by atoms with Gasteiger partial charge in [0.15, 0.2) is 11.5 Å². The van der Waals surface area contributed by atoms with Crippen molar-refractivity contribution in [3.05, 3.63) is 63.4 Å². The normalized spacial score (nSPS) is 13.0. The standard InChI is InChI=1S/C18H15N3O4/c19-17-16(20-4-5-21-17)18(23)24-9-12-8-15(22)25-14-7-11-3-1-2-10(11)6-13(12)14/h4-8H,1-3,9H2,(H2,19,21). The maximum atomic E-state index is 12.1. The van der Waals surface area contributed by atoms with Gasteiger partial charge in [-0.15, -0.1) is 0 Å². The Kier molecular flexibility index (Phi) is 3.68. The molecule has 2 N–H and O–H groups in total. The zero-order valence-corrected chi connectivity index (χ0v) is 13.3. The fraction of sp³-hybridized carbons (Fsp3) is 0.222. The Morgan fingerprint density at radius 3 is 2.72 bits per heavy atom. The lowest BCUT2D eigenvalue weighted by molar-refractivity contribution is 0.0468. The van der Waals surface area contributed by atoms with Crippen molar-refractivity contribution in [1.82, 2.24) is 9.97 Å². The minimum absolute atomic E-state index is 0.00255. The van der Waals surface area contributed by atoms with Crippen LogP contribution in [-0.2, 0) is 24.2 Å². The van der Waals surface area contributed by atoms with Crippen molar-refractivity contribution in [3.63, 3.8) is 0 Å². The zero-order valence-electron chi connectivity index (χ0n) is 13.3. The number of ether oxygens (including phenoxy) is 1. The van der Waals surface area contributed by atoms with Crippen LogP contribution in [0.1, 0.15) is 33.6 Å². The number of esters is 1. The summed E-state index contributed by atoms with van der Waals surface area (Å²) in [6, 6.07) is 5.27. The second kappa shape index (κ2) is 6.01. The molecular weight excluding hydrogens is 322 g/mol. The summed E-state index contributed by atoms with van der Waals surface area (Å²) in [6.07, 6.45) is 5.83. The van der Waals surface area contributed by atoms with Crippen molar-refractivity contribution in [1.29, 1.82) is 0 Å². The van der Waals surface area contributed by atoms with E-state index < -0.39 is 11.6 Å². The number of hydrogen-bond donors (Lipinski definition) is 1. The van der Waals surface area contributed by atoms with Crippen molar-refractivity contribution < 1.29 is 13.9 Å². The highest BCUT2D eigenvalue weighted by Gasteiger charge is 2.17. The van der Waals surface area contributed by atoms with E-state index in [0.29, 0.717) is 11.1 Å². The van der Waals surface area contributed by atoms with Gasteiger partial charge >= 0.3 is 11.6 Å². The molecule has 2 heterocycles. The Labute approximate surface area is 142 Å². The third kappa shape index (κ3) is 2.84. The number of hydrogen-bond acceptors (Lipinski definition) is 7. The minimum Gasteiger partial charge on any atom is -0.456 e. The highest BCUT2D eigenvalue weighted by atomic mass is 16.5. The van der Waals surface area contributed by atoms with Crippen molar-refractivity contribution in [2.24, 2.45) is 0 Å². The van der Waals surface area contributed by atoms with Gasteiger partial charge in [0.2, 0.25) is 0 Å². The molecule has 7 heteroatoms. The number of nitrogen functional groups attached to an aromatic ring is 1. The number of carbonyl (C=O) groups is 1. The topological polar surface area (TPSA) is 108 Å². The maximum Gasteiger partial charge on any atom is 0.361 e. The molecule has 0 amide bonds. The molecule has 0 atom stereocenters. The van der Waals surface area contributed by atoms with Gasteiger partial charge in [-0.2, -0.15) is 0 Å². The molecule has 4 rings (SSSR count). The average molecular weight is 337 g/mol. The summed E-state index contributed by atoms with van der Waals surface area (Å²) in [5.41, 5.74) is 8.66. The Morgan fingerprint density at radius 1 is 1.16 bits per heavy atom. The van der Waals surface area contributed by atoms with Crippen molar-refractivity contribution in [2.45, 2.75) is 25.9 Å². The van der Waals surface area contributed by atoms with Crippen molar-refractivity contribution in [2.75, 3.05) is 5.73 Å². The molecule has 1 aliphatic rings. The molecule has 0 saturated heterocycles. The van der Waals surface area contributed by atoms with Crippen LogP contribution in [0.15, 0.2) is 39.8 Å². The molecule has 0 fully saturated rings. The van der Waals surface area contributed by atoms with Gasteiger partial charge in [-0.3, -0.25) is 0 Å². The summed E-state index contributed by atoms with van der Waals surface area (Å²) >= 11 is 0. The summed E-state index contributed by atoms with van der Waals surface area (Å²) in [4.78, 5) is 31.6. The molecule has 3 aromatic rings. The quantitative estimate of drug-likeness (QED) is 0.575. The number of aryl methyl sites for hydroxylation is 2. The smallest absolute Gasteiger partial charge is 0.361 e. The molecule has 7 nitrogen and oxygen atoms in total. The minimum atomic E-state index is -0.687. The summed E-state index contributed by atoms with van der Waals surface area (Å²) in [5.74, 6) is -0.684. The summed E-state index contributed by atoms with van der Waals surface area (Å²) < 4.78 is 10.6. The lowest BCUT2D eigenvalue weighted by Gasteiger charge is -2.09. The van der Waals surface area contributed by atoms with Crippen LogP contribution in [0.4, 0.5) is 5.82 Å². The van der Waals surface area contributed by atoms with Crippen LogP contribution in [-0.4, -0.2) is 15.9 Å². The Balaban J connectivity index is 1.66. The number of carbonyl (C=O) groups excluding carboxylic acids is 1. The third-order valence-corrected chi connectivity index (χ3v) is 4.32. The second-order valence-electron chi connectivity index (χ2n) is 5.93. The zero-order chi connectivity index (χ0) is 17.4. The van der Waals surface area contributed by atoms with Gasteiger partial charge in [0, 0.05) is 29.4 Å². The van der Waals surface area contributed by atoms with Crippen molar-refractivity contribution in [3.8, 4) is 0 Å². The molecule has 0 aliphatic heterocycles. The molecule has 0 spiro atoms. The highest BCUT2D eigenvalue weighted by molar-refractivity contribution is 5.92. The van der Waals surface area contributed by atoms with Gasteiger partial charge < -0.3 is 14.9 Å². The van der Waals surface area contributed by atoms with Gasteiger partial charge in [-0.05, 0) is 42.5 Å². The fourth-order valence-corrected chi connectivity index (χ4v) is 3.13.